The Bertz CT molecular complexity index is 602. The molecule has 0 unspecified atom stereocenters. The van der Waals surface area contributed by atoms with Gasteiger partial charge in [0.1, 0.15) is 0 Å². The third kappa shape index (κ3) is 2.37. The Labute approximate surface area is 120 Å². The maximum atomic E-state index is 12.7. The smallest absolute Gasteiger partial charge is 0.243 e. The number of sulfonamides is 1. The highest BCUT2D eigenvalue weighted by molar-refractivity contribution is 7.89. The van der Waals surface area contributed by atoms with Crippen molar-refractivity contribution in [1.82, 2.24) is 9.21 Å². The molecule has 110 valence electrons. The van der Waals surface area contributed by atoms with Crippen LogP contribution in [0.3, 0.4) is 0 Å². The fraction of sp³-hybridized carbons (Fsp3) is 0.571. The van der Waals surface area contributed by atoms with Crippen LogP contribution in [0.2, 0.25) is 0 Å². The molecule has 2 fully saturated rings. The van der Waals surface area contributed by atoms with E-state index in [9.17, 15) is 8.42 Å². The van der Waals surface area contributed by atoms with E-state index in [1.165, 1.54) is 0 Å². The van der Waals surface area contributed by atoms with Crippen molar-refractivity contribution in [1.29, 1.82) is 0 Å². The normalized spacial score (nSPS) is 28.5. The van der Waals surface area contributed by atoms with Crippen LogP contribution in [0.15, 0.2) is 29.2 Å². The van der Waals surface area contributed by atoms with Crippen LogP contribution in [0, 0.1) is 6.92 Å². The largest absolute Gasteiger partial charge is 0.374 e. The topological polar surface area (TPSA) is 49.9 Å². The van der Waals surface area contributed by atoms with Gasteiger partial charge in [-0.05, 0) is 31.7 Å². The SMILES string of the molecule is Cc1cccc(S(=O)(=O)N2C[C@H]3OCCN(C)[C@H]3C2)c1. The molecule has 2 saturated heterocycles. The molecule has 3 rings (SSSR count). The number of likely N-dealkylation sites (N-methyl/N-ethyl adjacent to an activating group) is 1. The first kappa shape index (κ1) is 14.0. The van der Waals surface area contributed by atoms with Gasteiger partial charge in [0.25, 0.3) is 0 Å². The number of ether oxygens (including phenoxy) is 1. The highest BCUT2D eigenvalue weighted by atomic mass is 32.2. The molecular weight excluding hydrogens is 276 g/mol. The number of aryl methyl sites for hydroxylation is 1. The quantitative estimate of drug-likeness (QED) is 0.806. The molecule has 0 radical (unpaired) electrons. The van der Waals surface area contributed by atoms with Crippen LogP contribution < -0.4 is 0 Å². The zero-order valence-corrected chi connectivity index (χ0v) is 12.6. The highest BCUT2D eigenvalue weighted by Gasteiger charge is 2.43. The summed E-state index contributed by atoms with van der Waals surface area (Å²) in [5, 5.41) is 0. The molecule has 2 atom stereocenters. The summed E-state index contributed by atoms with van der Waals surface area (Å²) in [6.45, 7) is 4.40. The maximum Gasteiger partial charge on any atom is 0.243 e. The Morgan fingerprint density at radius 3 is 2.80 bits per heavy atom. The first-order chi connectivity index (χ1) is 9.48. The summed E-state index contributed by atoms with van der Waals surface area (Å²) in [6, 6.07) is 7.24. The number of hydrogen-bond acceptors (Lipinski definition) is 4. The van der Waals surface area contributed by atoms with Crippen molar-refractivity contribution in [3.05, 3.63) is 29.8 Å². The Hall–Kier alpha value is -0.950. The minimum Gasteiger partial charge on any atom is -0.374 e. The van der Waals surface area contributed by atoms with Gasteiger partial charge >= 0.3 is 0 Å². The number of fused-ring (bicyclic) bond motifs is 1. The van der Waals surface area contributed by atoms with E-state index in [0.717, 1.165) is 12.1 Å². The van der Waals surface area contributed by atoms with Crippen LogP contribution in [0.25, 0.3) is 0 Å². The molecule has 2 aliphatic rings. The summed E-state index contributed by atoms with van der Waals surface area (Å²) in [4.78, 5) is 2.57. The maximum absolute atomic E-state index is 12.7. The number of nitrogens with zero attached hydrogens (tertiary/aromatic N) is 2. The van der Waals surface area contributed by atoms with Gasteiger partial charge in [0.2, 0.25) is 10.0 Å². The Morgan fingerprint density at radius 1 is 1.30 bits per heavy atom. The second-order valence-corrected chi connectivity index (χ2v) is 7.53. The fourth-order valence-electron chi connectivity index (χ4n) is 2.95. The van der Waals surface area contributed by atoms with Crippen molar-refractivity contribution in [3.8, 4) is 0 Å². The van der Waals surface area contributed by atoms with E-state index in [0.29, 0.717) is 24.6 Å². The monoisotopic (exact) mass is 296 g/mol. The molecule has 0 amide bonds. The number of benzene rings is 1. The van der Waals surface area contributed by atoms with Crippen molar-refractivity contribution < 1.29 is 13.2 Å². The molecule has 1 aromatic rings. The van der Waals surface area contributed by atoms with E-state index in [1.807, 2.05) is 20.0 Å². The summed E-state index contributed by atoms with van der Waals surface area (Å²) in [7, 11) is -1.39. The second-order valence-electron chi connectivity index (χ2n) is 5.60. The van der Waals surface area contributed by atoms with E-state index >= 15 is 0 Å². The highest BCUT2D eigenvalue weighted by Crippen LogP contribution is 2.27. The second kappa shape index (κ2) is 5.11. The molecule has 5 nitrogen and oxygen atoms in total. The van der Waals surface area contributed by atoms with E-state index < -0.39 is 10.0 Å². The average molecular weight is 296 g/mol. The van der Waals surface area contributed by atoms with Gasteiger partial charge in [-0.1, -0.05) is 12.1 Å². The van der Waals surface area contributed by atoms with Crippen LogP contribution in [-0.2, 0) is 14.8 Å². The van der Waals surface area contributed by atoms with Crippen LogP contribution >= 0.6 is 0 Å². The summed E-state index contributed by atoms with van der Waals surface area (Å²) in [6.07, 6.45) is -0.00617. The van der Waals surface area contributed by atoms with Crippen molar-refractivity contribution in [2.45, 2.75) is 24.0 Å². The number of rotatable bonds is 2. The molecule has 20 heavy (non-hydrogen) atoms. The van der Waals surface area contributed by atoms with Crippen LogP contribution in [-0.4, -0.2) is 63.1 Å². The van der Waals surface area contributed by atoms with Crippen LogP contribution in [0.4, 0.5) is 0 Å². The predicted molar refractivity (Wildman–Crippen MR) is 76.1 cm³/mol. The molecule has 2 aliphatic heterocycles. The summed E-state index contributed by atoms with van der Waals surface area (Å²) in [5.41, 5.74) is 0.955. The van der Waals surface area contributed by atoms with Gasteiger partial charge in [0, 0.05) is 19.6 Å². The zero-order chi connectivity index (χ0) is 14.3. The predicted octanol–water partition coefficient (Wildman–Crippen LogP) is 0.699. The molecule has 6 heteroatoms. The molecule has 0 N–H and O–H groups in total. The van der Waals surface area contributed by atoms with Crippen molar-refractivity contribution >= 4 is 10.0 Å². The molecule has 0 aliphatic carbocycles. The third-order valence-electron chi connectivity index (χ3n) is 4.17. The molecule has 0 aromatic heterocycles. The molecule has 1 aromatic carbocycles. The summed E-state index contributed by atoms with van der Waals surface area (Å²) >= 11 is 0. The van der Waals surface area contributed by atoms with Crippen molar-refractivity contribution in [2.24, 2.45) is 0 Å². The number of morpholine rings is 1. The van der Waals surface area contributed by atoms with Gasteiger partial charge < -0.3 is 4.74 Å². The van der Waals surface area contributed by atoms with Crippen molar-refractivity contribution in [3.63, 3.8) is 0 Å². The van der Waals surface area contributed by atoms with Gasteiger partial charge in [-0.25, -0.2) is 8.42 Å². The first-order valence-electron chi connectivity index (χ1n) is 6.87. The van der Waals surface area contributed by atoms with Gasteiger partial charge in [-0.3, -0.25) is 4.90 Å². The Balaban J connectivity index is 1.86. The molecule has 0 spiro atoms. The lowest BCUT2D eigenvalue weighted by molar-refractivity contribution is -0.0366. The lowest BCUT2D eigenvalue weighted by atomic mass is 10.1. The Morgan fingerprint density at radius 2 is 2.10 bits per heavy atom. The summed E-state index contributed by atoms with van der Waals surface area (Å²) < 4.78 is 32.6. The fourth-order valence-corrected chi connectivity index (χ4v) is 4.52. The number of hydrogen-bond donors (Lipinski definition) is 0. The minimum absolute atomic E-state index is 0.00617. The minimum atomic E-state index is -3.42. The zero-order valence-electron chi connectivity index (χ0n) is 11.8. The van der Waals surface area contributed by atoms with Crippen LogP contribution in [0.1, 0.15) is 5.56 Å². The Kier molecular flexibility index (Phi) is 3.58. The van der Waals surface area contributed by atoms with E-state index in [4.69, 9.17) is 4.74 Å². The first-order valence-corrected chi connectivity index (χ1v) is 8.31. The van der Waals surface area contributed by atoms with E-state index in [1.54, 1.807) is 22.5 Å². The lowest BCUT2D eigenvalue weighted by Crippen LogP contribution is -2.48. The standard InChI is InChI=1S/C14H20N2O3S/c1-11-4-3-5-12(8-11)20(17,18)16-9-13-14(10-16)19-7-6-15(13)2/h3-5,8,13-14H,6-7,9-10H2,1-2H3/t13-,14+/m0/s1. The van der Waals surface area contributed by atoms with Gasteiger partial charge in [-0.2, -0.15) is 4.31 Å². The van der Waals surface area contributed by atoms with Gasteiger partial charge in [-0.15, -0.1) is 0 Å². The molecule has 2 heterocycles. The van der Waals surface area contributed by atoms with E-state index in [-0.39, 0.29) is 12.1 Å². The van der Waals surface area contributed by atoms with Gasteiger partial charge in [0.05, 0.1) is 23.6 Å². The van der Waals surface area contributed by atoms with Gasteiger partial charge in [0.15, 0.2) is 0 Å². The third-order valence-corrected chi connectivity index (χ3v) is 6.00. The average Bonchev–Trinajstić information content (AvgIpc) is 2.85. The lowest BCUT2D eigenvalue weighted by Gasteiger charge is -2.33. The molecule has 0 bridgehead atoms. The molecule has 0 saturated carbocycles. The summed E-state index contributed by atoms with van der Waals surface area (Å²) in [5.74, 6) is 0. The molecular formula is C14H20N2O3S. The van der Waals surface area contributed by atoms with Crippen molar-refractivity contribution in [2.75, 3.05) is 33.3 Å². The van der Waals surface area contributed by atoms with Crippen LogP contribution in [0.5, 0.6) is 0 Å². The van der Waals surface area contributed by atoms with E-state index in [2.05, 4.69) is 4.90 Å².